The van der Waals surface area contributed by atoms with Crippen molar-refractivity contribution >= 4 is 75.8 Å². The first-order chi connectivity index (χ1) is 27.1. The third-order valence-electron chi connectivity index (χ3n) is 11.1. The van der Waals surface area contributed by atoms with Crippen LogP contribution in [-0.2, 0) is 0 Å². The Morgan fingerprint density at radius 2 is 1.20 bits per heavy atom. The van der Waals surface area contributed by atoms with E-state index in [0.717, 1.165) is 55.7 Å². The van der Waals surface area contributed by atoms with E-state index in [1.54, 1.807) is 0 Å². The summed E-state index contributed by atoms with van der Waals surface area (Å²) in [5.41, 5.74) is 11.9. The molecule has 3 nitrogen and oxygen atoms in total. The molecular weight excluding hydrogens is 689 g/mol. The van der Waals surface area contributed by atoms with E-state index in [4.69, 9.17) is 9.41 Å². The summed E-state index contributed by atoms with van der Waals surface area (Å²) in [6.45, 7) is 2.21. The van der Waals surface area contributed by atoms with E-state index in [0.29, 0.717) is 0 Å². The van der Waals surface area contributed by atoms with Crippen LogP contribution in [0.1, 0.15) is 29.7 Å². The molecule has 1 unspecified atom stereocenters. The van der Waals surface area contributed by atoms with Gasteiger partial charge in [-0.2, -0.15) is 0 Å². The van der Waals surface area contributed by atoms with Gasteiger partial charge in [0.25, 0.3) is 0 Å². The maximum atomic E-state index is 6.57. The zero-order chi connectivity index (χ0) is 36.5. The van der Waals surface area contributed by atoms with E-state index in [2.05, 4.69) is 188 Å². The smallest absolute Gasteiger partial charge is 0.136 e. The first-order valence-electron chi connectivity index (χ1n) is 18.7. The van der Waals surface area contributed by atoms with Crippen LogP contribution in [0.3, 0.4) is 0 Å². The Kier molecular flexibility index (Phi) is 7.32. The summed E-state index contributed by atoms with van der Waals surface area (Å²) in [4.78, 5) is 5.47. The predicted octanol–water partition coefficient (Wildman–Crippen LogP) is 14.0. The molecule has 260 valence electrons. The van der Waals surface area contributed by atoms with Gasteiger partial charge in [-0.25, -0.2) is 4.99 Å². The molecule has 1 aliphatic rings. The standard InChI is InChI=1S/C51H34N2OS/c1-31-49(35-21-18-34(19-22-35)32-10-3-2-4-11-32)52-51(39-23-20-33-12-5-6-13-36(33)28-39)53-50(31)41-15-9-16-45-48(41)43-30-37(24-26-44(43)54-45)38-25-27-47-42(29-38)40-14-7-8-17-46(40)55-47/h2-30,49H,1H3,(H,52,53). The van der Waals surface area contributed by atoms with Crippen LogP contribution in [-0.4, -0.2) is 5.84 Å². The fraction of sp³-hybridized carbons (Fsp3) is 0.0392. The van der Waals surface area contributed by atoms with Gasteiger partial charge in [0.05, 0.1) is 11.7 Å². The second kappa shape index (κ2) is 12.7. The molecule has 1 aliphatic heterocycles. The Morgan fingerprint density at radius 3 is 2.07 bits per heavy atom. The van der Waals surface area contributed by atoms with E-state index in [-0.39, 0.29) is 6.04 Å². The third kappa shape index (κ3) is 5.37. The first-order valence-corrected chi connectivity index (χ1v) is 19.5. The van der Waals surface area contributed by atoms with Crippen molar-refractivity contribution in [2.75, 3.05) is 0 Å². The van der Waals surface area contributed by atoms with E-state index in [1.807, 2.05) is 11.3 Å². The van der Waals surface area contributed by atoms with E-state index >= 15 is 0 Å². The van der Waals surface area contributed by atoms with Gasteiger partial charge in [-0.1, -0.05) is 133 Å². The molecule has 0 bridgehead atoms. The molecule has 0 amide bonds. The van der Waals surface area contributed by atoms with Gasteiger partial charge < -0.3 is 9.73 Å². The monoisotopic (exact) mass is 722 g/mol. The second-order valence-corrected chi connectivity index (χ2v) is 15.5. The number of rotatable bonds is 5. The van der Waals surface area contributed by atoms with Gasteiger partial charge in [-0.05, 0) is 93.6 Å². The van der Waals surface area contributed by atoms with Crippen molar-refractivity contribution in [3.8, 4) is 22.3 Å². The molecule has 11 rings (SSSR count). The molecule has 2 aromatic heterocycles. The van der Waals surface area contributed by atoms with Gasteiger partial charge in [-0.3, -0.25) is 0 Å². The Labute approximate surface area is 322 Å². The Bertz CT molecular complexity index is 3180. The lowest BCUT2D eigenvalue weighted by molar-refractivity contribution is 0.669. The lowest BCUT2D eigenvalue weighted by atomic mass is 9.90. The molecule has 8 aromatic carbocycles. The fourth-order valence-corrected chi connectivity index (χ4v) is 9.40. The van der Waals surface area contributed by atoms with E-state index in [1.165, 1.54) is 53.2 Å². The highest BCUT2D eigenvalue weighted by Gasteiger charge is 2.27. The second-order valence-electron chi connectivity index (χ2n) is 14.4. The summed E-state index contributed by atoms with van der Waals surface area (Å²) >= 11 is 1.85. The number of hydrogen-bond donors (Lipinski definition) is 1. The van der Waals surface area contributed by atoms with Gasteiger partial charge in [0.2, 0.25) is 0 Å². The number of furan rings is 1. The number of hydrogen-bond acceptors (Lipinski definition) is 4. The highest BCUT2D eigenvalue weighted by molar-refractivity contribution is 7.25. The van der Waals surface area contributed by atoms with Crippen LogP contribution in [0.2, 0.25) is 0 Å². The first kappa shape index (κ1) is 31.7. The molecule has 0 radical (unpaired) electrons. The van der Waals surface area contributed by atoms with Crippen LogP contribution < -0.4 is 5.32 Å². The largest absolute Gasteiger partial charge is 0.456 e. The summed E-state index contributed by atoms with van der Waals surface area (Å²) in [5.74, 6) is 0.852. The average molecular weight is 723 g/mol. The molecule has 0 spiro atoms. The minimum atomic E-state index is -0.0880. The molecule has 3 heterocycles. The maximum Gasteiger partial charge on any atom is 0.136 e. The van der Waals surface area contributed by atoms with Crippen molar-refractivity contribution in [1.29, 1.82) is 0 Å². The number of aliphatic imine (C=N–C) groups is 1. The van der Waals surface area contributed by atoms with E-state index in [9.17, 15) is 0 Å². The normalized spacial score (nSPS) is 14.6. The quantitative estimate of drug-likeness (QED) is 0.192. The van der Waals surface area contributed by atoms with Crippen molar-refractivity contribution in [2.24, 2.45) is 4.99 Å². The Morgan fingerprint density at radius 1 is 0.509 bits per heavy atom. The lowest BCUT2D eigenvalue weighted by Gasteiger charge is -2.29. The third-order valence-corrected chi connectivity index (χ3v) is 12.3. The van der Waals surface area contributed by atoms with Crippen molar-refractivity contribution in [2.45, 2.75) is 13.0 Å². The molecular formula is C51H34N2OS. The number of amidine groups is 1. The Hall–Kier alpha value is -6.75. The van der Waals surface area contributed by atoms with Gasteiger partial charge in [-0.15, -0.1) is 11.3 Å². The maximum absolute atomic E-state index is 6.57. The minimum Gasteiger partial charge on any atom is -0.456 e. The number of fused-ring (bicyclic) bond motifs is 7. The van der Waals surface area contributed by atoms with Gasteiger partial charge in [0.15, 0.2) is 0 Å². The molecule has 10 aromatic rings. The summed E-state index contributed by atoms with van der Waals surface area (Å²) in [6.07, 6.45) is 0. The minimum absolute atomic E-state index is 0.0880. The molecule has 0 saturated heterocycles. The summed E-state index contributed by atoms with van der Waals surface area (Å²) in [6, 6.07) is 63.0. The van der Waals surface area contributed by atoms with Crippen molar-refractivity contribution in [3.05, 3.63) is 198 Å². The molecule has 1 atom stereocenters. The highest BCUT2D eigenvalue weighted by Crippen LogP contribution is 2.42. The van der Waals surface area contributed by atoms with Crippen molar-refractivity contribution in [3.63, 3.8) is 0 Å². The van der Waals surface area contributed by atoms with Gasteiger partial charge >= 0.3 is 0 Å². The molecule has 0 aliphatic carbocycles. The molecule has 4 heteroatoms. The number of benzene rings is 8. The van der Waals surface area contributed by atoms with Crippen LogP contribution in [0.25, 0.3) is 80.8 Å². The topological polar surface area (TPSA) is 37.5 Å². The van der Waals surface area contributed by atoms with Crippen molar-refractivity contribution in [1.82, 2.24) is 5.32 Å². The average Bonchev–Trinajstić information content (AvgIpc) is 3.82. The molecule has 55 heavy (non-hydrogen) atoms. The van der Waals surface area contributed by atoms with E-state index < -0.39 is 0 Å². The highest BCUT2D eigenvalue weighted by atomic mass is 32.1. The zero-order valence-electron chi connectivity index (χ0n) is 30.1. The number of thiophene rings is 1. The number of nitrogens with zero attached hydrogens (tertiary/aromatic N) is 1. The summed E-state index contributed by atoms with van der Waals surface area (Å²) in [7, 11) is 0. The SMILES string of the molecule is CC1=C(c2cccc3oc4ccc(-c5ccc6sc7ccccc7c6c5)cc4c23)N=C(c2ccc3ccccc3c2)NC1c1ccc(-c2ccccc2)cc1. The molecule has 1 N–H and O–H groups in total. The summed E-state index contributed by atoms with van der Waals surface area (Å²) < 4.78 is 9.19. The number of nitrogens with one attached hydrogen (secondary N) is 1. The molecule has 0 saturated carbocycles. The fourth-order valence-electron chi connectivity index (χ4n) is 8.31. The summed E-state index contributed by atoms with van der Waals surface area (Å²) in [5, 5.41) is 11.0. The van der Waals surface area contributed by atoms with Crippen LogP contribution in [0, 0.1) is 0 Å². The molecule has 0 fully saturated rings. The predicted molar refractivity (Wildman–Crippen MR) is 233 cm³/mol. The van der Waals surface area contributed by atoms with Gasteiger partial charge in [0, 0.05) is 42.1 Å². The van der Waals surface area contributed by atoms with Crippen LogP contribution in [0.15, 0.2) is 191 Å². The van der Waals surface area contributed by atoms with Gasteiger partial charge in [0.1, 0.15) is 17.0 Å². The van der Waals surface area contributed by atoms with Crippen LogP contribution in [0.5, 0.6) is 0 Å². The van der Waals surface area contributed by atoms with Crippen molar-refractivity contribution < 1.29 is 4.42 Å². The zero-order valence-corrected chi connectivity index (χ0v) is 30.9. The lowest BCUT2D eigenvalue weighted by Crippen LogP contribution is -2.33. The Balaban J connectivity index is 1.08. The van der Waals surface area contributed by atoms with Crippen LogP contribution >= 0.6 is 11.3 Å². The van der Waals surface area contributed by atoms with Crippen LogP contribution in [0.4, 0.5) is 0 Å².